The Morgan fingerprint density at radius 3 is 2.56 bits per heavy atom. The van der Waals surface area contributed by atoms with Crippen LogP contribution in [-0.4, -0.2) is 16.7 Å². The molecule has 0 saturated carbocycles. The Morgan fingerprint density at radius 1 is 1.06 bits per heavy atom. The van der Waals surface area contributed by atoms with Crippen LogP contribution >= 0.6 is 35.6 Å². The molecule has 3 heterocycles. The molecule has 1 aliphatic rings. The highest BCUT2D eigenvalue weighted by Gasteiger charge is 2.42. The van der Waals surface area contributed by atoms with Gasteiger partial charge in [0.25, 0.3) is 0 Å². The molecule has 172 valence electrons. The first-order valence-electron chi connectivity index (χ1n) is 10.9. The van der Waals surface area contributed by atoms with E-state index in [1.807, 2.05) is 85.8 Å². The predicted molar refractivity (Wildman–Crippen MR) is 140 cm³/mol. The molecule has 8 heteroatoms. The summed E-state index contributed by atoms with van der Waals surface area (Å²) in [7, 11) is 0. The summed E-state index contributed by atoms with van der Waals surface area (Å²) in [5, 5.41) is 5.57. The van der Waals surface area contributed by atoms with Crippen LogP contribution in [0, 0.1) is 0 Å². The molecular formula is C26H22ClN3O2S2. The fourth-order valence-electron chi connectivity index (χ4n) is 3.96. The third-order valence-corrected chi connectivity index (χ3v) is 6.94. The number of nitrogens with one attached hydrogen (secondary N) is 1. The van der Waals surface area contributed by atoms with Gasteiger partial charge in [0.05, 0.1) is 18.3 Å². The van der Waals surface area contributed by atoms with Crippen molar-refractivity contribution in [3.8, 4) is 5.75 Å². The summed E-state index contributed by atoms with van der Waals surface area (Å²) < 4.78 is 12.0. The molecule has 1 fully saturated rings. The van der Waals surface area contributed by atoms with Gasteiger partial charge >= 0.3 is 0 Å². The van der Waals surface area contributed by atoms with Crippen LogP contribution in [0.1, 0.15) is 30.5 Å². The molecule has 2 aromatic heterocycles. The summed E-state index contributed by atoms with van der Waals surface area (Å²) in [5.74, 6) is 1.62. The number of thiocarbonyl (C=S) groups is 1. The monoisotopic (exact) mass is 507 g/mol. The molecule has 1 saturated heterocycles. The molecule has 0 radical (unpaired) electrons. The summed E-state index contributed by atoms with van der Waals surface area (Å²) in [6.45, 7) is 2.59. The highest BCUT2D eigenvalue weighted by Crippen LogP contribution is 2.43. The Balaban J connectivity index is 1.50. The highest BCUT2D eigenvalue weighted by molar-refractivity contribution is 7.99. The van der Waals surface area contributed by atoms with E-state index in [-0.39, 0.29) is 12.1 Å². The number of hydrogen-bond donors (Lipinski definition) is 1. The van der Waals surface area contributed by atoms with Crippen molar-refractivity contribution in [2.24, 2.45) is 0 Å². The van der Waals surface area contributed by atoms with Gasteiger partial charge in [0.15, 0.2) is 10.2 Å². The second-order valence-electron chi connectivity index (χ2n) is 7.64. The molecule has 2 unspecified atom stereocenters. The lowest BCUT2D eigenvalue weighted by Gasteiger charge is -2.26. The number of hydrogen-bond acceptors (Lipinski definition) is 5. The predicted octanol–water partition coefficient (Wildman–Crippen LogP) is 7.06. The summed E-state index contributed by atoms with van der Waals surface area (Å²) in [5.41, 5.74) is 1.85. The second kappa shape index (κ2) is 10.1. The van der Waals surface area contributed by atoms with E-state index in [1.54, 1.807) is 18.0 Å². The number of furan rings is 1. The van der Waals surface area contributed by atoms with Crippen molar-refractivity contribution in [1.29, 1.82) is 0 Å². The lowest BCUT2D eigenvalue weighted by Crippen LogP contribution is -2.29. The number of nitrogens with zero attached hydrogens (tertiary/aromatic N) is 2. The van der Waals surface area contributed by atoms with Crippen LogP contribution in [0.4, 0.5) is 5.69 Å². The Labute approximate surface area is 213 Å². The normalized spacial score (nSPS) is 17.6. The van der Waals surface area contributed by atoms with Crippen LogP contribution in [0.15, 0.2) is 99.5 Å². The molecule has 2 atom stereocenters. The Morgan fingerprint density at radius 2 is 1.85 bits per heavy atom. The molecule has 5 nitrogen and oxygen atoms in total. The number of rotatable bonds is 7. The first-order chi connectivity index (χ1) is 16.6. The fraction of sp³-hybridized carbons (Fsp3) is 0.154. The number of ether oxygens (including phenoxy) is 1. The molecule has 0 amide bonds. The van der Waals surface area contributed by atoms with Crippen LogP contribution in [0.25, 0.3) is 0 Å². The maximum Gasteiger partial charge on any atom is 0.174 e. The SMILES string of the molecule is CCOc1ccc(N2C(=S)NC(c3ccccn3)C2c2ccc(Sc3ccc(Cl)cc3)o2)cc1. The van der Waals surface area contributed by atoms with Crippen molar-refractivity contribution in [1.82, 2.24) is 10.3 Å². The molecule has 0 spiro atoms. The maximum absolute atomic E-state index is 6.35. The highest BCUT2D eigenvalue weighted by atomic mass is 35.5. The van der Waals surface area contributed by atoms with Crippen molar-refractivity contribution < 1.29 is 9.15 Å². The van der Waals surface area contributed by atoms with Gasteiger partial charge < -0.3 is 19.4 Å². The minimum absolute atomic E-state index is 0.167. The number of benzene rings is 2. The lowest BCUT2D eigenvalue weighted by molar-refractivity contribution is 0.340. The molecule has 1 N–H and O–H groups in total. The van der Waals surface area contributed by atoms with E-state index in [9.17, 15) is 0 Å². The first-order valence-corrected chi connectivity index (χ1v) is 12.5. The van der Waals surface area contributed by atoms with E-state index in [0.717, 1.165) is 32.9 Å². The zero-order valence-electron chi connectivity index (χ0n) is 18.4. The summed E-state index contributed by atoms with van der Waals surface area (Å²) in [6.07, 6.45) is 1.79. The van der Waals surface area contributed by atoms with E-state index in [2.05, 4.69) is 15.2 Å². The fourth-order valence-corrected chi connectivity index (χ4v) is 5.21. The second-order valence-corrected chi connectivity index (χ2v) is 9.54. The van der Waals surface area contributed by atoms with Crippen molar-refractivity contribution in [2.75, 3.05) is 11.5 Å². The lowest BCUT2D eigenvalue weighted by atomic mass is 10.0. The Kier molecular flexibility index (Phi) is 6.76. The third-order valence-electron chi connectivity index (χ3n) is 5.45. The quantitative estimate of drug-likeness (QED) is 0.269. The molecule has 34 heavy (non-hydrogen) atoms. The molecule has 0 bridgehead atoms. The van der Waals surface area contributed by atoms with Crippen LogP contribution in [0.5, 0.6) is 5.75 Å². The number of halogens is 1. The number of aromatic nitrogens is 1. The molecule has 0 aliphatic carbocycles. The van der Waals surface area contributed by atoms with Gasteiger partial charge in [-0.3, -0.25) is 4.98 Å². The van der Waals surface area contributed by atoms with E-state index >= 15 is 0 Å². The van der Waals surface area contributed by atoms with Gasteiger partial charge in [-0.15, -0.1) is 0 Å². The smallest absolute Gasteiger partial charge is 0.174 e. The van der Waals surface area contributed by atoms with Crippen LogP contribution in [-0.2, 0) is 0 Å². The van der Waals surface area contributed by atoms with Crippen molar-refractivity contribution in [2.45, 2.75) is 29.0 Å². The van der Waals surface area contributed by atoms with E-state index in [1.165, 1.54) is 0 Å². The standard InChI is InChI=1S/C26H22ClN3O2S2/c1-2-31-19-10-8-18(9-11-19)30-25(24(29-26(30)33)21-5-3-4-16-28-21)22-14-15-23(32-22)34-20-12-6-17(27)7-13-20/h3-16,24-25H,2H2,1H3,(H,29,33). The van der Waals surface area contributed by atoms with Crippen molar-refractivity contribution >= 4 is 46.4 Å². The average molecular weight is 508 g/mol. The Bertz CT molecular complexity index is 1260. The van der Waals surface area contributed by atoms with E-state index in [0.29, 0.717) is 16.7 Å². The number of pyridine rings is 1. The minimum Gasteiger partial charge on any atom is -0.494 e. The van der Waals surface area contributed by atoms with Gasteiger partial charge in [0.2, 0.25) is 0 Å². The third kappa shape index (κ3) is 4.78. The van der Waals surface area contributed by atoms with Crippen LogP contribution in [0.3, 0.4) is 0 Å². The summed E-state index contributed by atoms with van der Waals surface area (Å²) in [6, 6.07) is 25.1. The maximum atomic E-state index is 6.35. The first kappa shape index (κ1) is 22.8. The molecular weight excluding hydrogens is 486 g/mol. The summed E-state index contributed by atoms with van der Waals surface area (Å²) in [4.78, 5) is 7.73. The van der Waals surface area contributed by atoms with Gasteiger partial charge in [0.1, 0.15) is 17.6 Å². The van der Waals surface area contributed by atoms with Gasteiger partial charge in [0, 0.05) is 21.8 Å². The van der Waals surface area contributed by atoms with Crippen molar-refractivity contribution in [3.05, 3.63) is 102 Å². The Hall–Kier alpha value is -3.00. The average Bonchev–Trinajstić information content (AvgIpc) is 3.46. The minimum atomic E-state index is -0.208. The topological polar surface area (TPSA) is 50.5 Å². The van der Waals surface area contributed by atoms with E-state index < -0.39 is 0 Å². The zero-order valence-corrected chi connectivity index (χ0v) is 20.7. The van der Waals surface area contributed by atoms with Gasteiger partial charge in [-0.1, -0.05) is 29.4 Å². The van der Waals surface area contributed by atoms with Gasteiger partial charge in [-0.25, -0.2) is 0 Å². The van der Waals surface area contributed by atoms with Gasteiger partial charge in [-0.05, 0) is 91.9 Å². The largest absolute Gasteiger partial charge is 0.494 e. The van der Waals surface area contributed by atoms with Crippen LogP contribution in [0.2, 0.25) is 5.02 Å². The number of anilines is 1. The zero-order chi connectivity index (χ0) is 23.5. The molecule has 4 aromatic rings. The van der Waals surface area contributed by atoms with Crippen LogP contribution < -0.4 is 15.0 Å². The molecule has 5 rings (SSSR count). The molecule has 1 aliphatic heterocycles. The van der Waals surface area contributed by atoms with Crippen molar-refractivity contribution in [3.63, 3.8) is 0 Å². The molecule has 2 aromatic carbocycles. The van der Waals surface area contributed by atoms with Gasteiger partial charge in [-0.2, -0.15) is 0 Å². The summed E-state index contributed by atoms with van der Waals surface area (Å²) >= 11 is 13.4. The van der Waals surface area contributed by atoms with E-state index in [4.69, 9.17) is 33.0 Å².